The molecule has 17 nitrogen and oxygen atoms in total. The molecule has 0 unspecified atom stereocenters. The normalized spacial score (nSPS) is 13.1. The number of benzene rings is 2. The number of halogens is 2. The number of nitrogens with two attached hydrogens (primary N) is 2. The quantitative estimate of drug-likeness (QED) is 0.123. The van der Waals surface area contributed by atoms with Gasteiger partial charge in [-0.1, -0.05) is 12.1 Å². The van der Waals surface area contributed by atoms with E-state index in [1.807, 2.05) is 54.8 Å². The van der Waals surface area contributed by atoms with Gasteiger partial charge in [0.15, 0.2) is 10.1 Å². The Balaban J connectivity index is 0.000000182. The third-order valence-corrected chi connectivity index (χ3v) is 12.5. The summed E-state index contributed by atoms with van der Waals surface area (Å²) in [5.41, 5.74) is 12.9. The second-order valence-electron chi connectivity index (χ2n) is 15.8. The molecular formula is C43H52F2N12O5S2. The van der Waals surface area contributed by atoms with Gasteiger partial charge in [-0.05, 0) is 125 Å². The van der Waals surface area contributed by atoms with Crippen LogP contribution in [0.15, 0.2) is 95.8 Å². The van der Waals surface area contributed by atoms with Gasteiger partial charge in [0.2, 0.25) is 0 Å². The third-order valence-electron chi connectivity index (χ3n) is 10.5. The minimum absolute atomic E-state index is 0.0868. The van der Waals surface area contributed by atoms with E-state index in [-0.39, 0.29) is 21.7 Å². The minimum atomic E-state index is -4.19. The Hall–Kier alpha value is -6.13. The largest absolute Gasteiger partial charge is 0.398 e. The van der Waals surface area contributed by atoms with Crippen molar-refractivity contribution in [2.75, 3.05) is 52.3 Å². The Labute approximate surface area is 371 Å². The number of primary sulfonamides is 1. The lowest BCUT2D eigenvalue weighted by Crippen LogP contribution is -2.35. The summed E-state index contributed by atoms with van der Waals surface area (Å²) < 4.78 is 80.9. The number of nitrogen functional groups attached to an aromatic ring is 1. The van der Waals surface area contributed by atoms with E-state index in [9.17, 15) is 30.4 Å². The fourth-order valence-electron chi connectivity index (χ4n) is 7.29. The highest BCUT2D eigenvalue weighted by atomic mass is 32.2. The number of carbonyl (C=O) groups excluding carboxylic acids is 1. The van der Waals surface area contributed by atoms with Crippen molar-refractivity contribution in [1.29, 1.82) is 0 Å². The van der Waals surface area contributed by atoms with Gasteiger partial charge in [-0.3, -0.25) is 19.3 Å². The highest BCUT2D eigenvalue weighted by Crippen LogP contribution is 2.39. The van der Waals surface area contributed by atoms with Crippen LogP contribution >= 0.6 is 0 Å². The summed E-state index contributed by atoms with van der Waals surface area (Å²) in [6.45, 7) is 2.63. The molecule has 340 valence electrons. The highest BCUT2D eigenvalue weighted by molar-refractivity contribution is 7.90. The molecule has 2 aliphatic carbocycles. The van der Waals surface area contributed by atoms with E-state index in [2.05, 4.69) is 25.5 Å². The lowest BCUT2D eigenvalue weighted by molar-refractivity contribution is 0.256. The predicted octanol–water partition coefficient (Wildman–Crippen LogP) is 4.70. The van der Waals surface area contributed by atoms with Gasteiger partial charge in [-0.25, -0.2) is 31.9 Å². The SMILES string of the molecule is CN(C)CCn1ccc(S(=O)(=O)NC(=O)Nc2c(-c3cccnc3)cc(F)c3c2CCC3)n1.CN(C)CCn1ccc(S(N)(=O)=O)n1.Nc1c(-c2cccnc2)cc(F)c2c1CCC2. The lowest BCUT2D eigenvalue weighted by Gasteiger charge is -2.17. The summed E-state index contributed by atoms with van der Waals surface area (Å²) in [6, 6.07) is 11.9. The van der Waals surface area contributed by atoms with Crippen LogP contribution in [0.5, 0.6) is 0 Å². The van der Waals surface area contributed by atoms with Gasteiger partial charge in [0.05, 0.1) is 18.8 Å². The number of urea groups is 1. The van der Waals surface area contributed by atoms with Crippen molar-refractivity contribution in [2.24, 2.45) is 5.14 Å². The molecule has 0 spiro atoms. The van der Waals surface area contributed by atoms with Gasteiger partial charge in [0, 0.05) is 78.2 Å². The maximum atomic E-state index is 14.7. The maximum Gasteiger partial charge on any atom is 0.333 e. The Morgan fingerprint density at radius 3 is 1.72 bits per heavy atom. The monoisotopic (exact) mass is 918 g/mol. The summed E-state index contributed by atoms with van der Waals surface area (Å²) >= 11 is 0. The molecular weight excluding hydrogens is 867 g/mol. The number of rotatable bonds is 12. The van der Waals surface area contributed by atoms with Crippen LogP contribution in [0, 0.1) is 11.6 Å². The van der Waals surface area contributed by atoms with Crippen molar-refractivity contribution in [2.45, 2.75) is 61.7 Å². The number of amides is 2. The summed E-state index contributed by atoms with van der Waals surface area (Å²) in [7, 11) is -0.184. The molecule has 6 aromatic rings. The maximum absolute atomic E-state index is 14.7. The number of pyridine rings is 2. The molecule has 2 aromatic carbocycles. The molecule has 64 heavy (non-hydrogen) atoms. The number of aromatic nitrogens is 6. The highest BCUT2D eigenvalue weighted by Gasteiger charge is 2.27. The Morgan fingerprint density at radius 1 is 0.719 bits per heavy atom. The summed E-state index contributed by atoms with van der Waals surface area (Å²) in [5, 5.41) is 15.1. The second-order valence-corrected chi connectivity index (χ2v) is 18.9. The zero-order chi connectivity index (χ0) is 46.2. The van der Waals surface area contributed by atoms with Gasteiger partial charge >= 0.3 is 6.03 Å². The minimum Gasteiger partial charge on any atom is -0.398 e. The fourth-order valence-corrected chi connectivity index (χ4v) is 8.61. The molecule has 2 amide bonds. The van der Waals surface area contributed by atoms with Crippen molar-refractivity contribution in [3.8, 4) is 22.3 Å². The smallest absolute Gasteiger partial charge is 0.333 e. The molecule has 4 aromatic heterocycles. The molecule has 0 aliphatic heterocycles. The first-order valence-electron chi connectivity index (χ1n) is 20.4. The van der Waals surface area contributed by atoms with E-state index < -0.39 is 26.1 Å². The molecule has 0 radical (unpaired) electrons. The number of hydrogen-bond donors (Lipinski definition) is 4. The molecule has 2 aliphatic rings. The average molecular weight is 919 g/mol. The Bertz CT molecular complexity index is 2800. The fraction of sp³-hybridized carbons (Fsp3) is 0.326. The van der Waals surface area contributed by atoms with E-state index in [4.69, 9.17) is 10.9 Å². The molecule has 21 heteroatoms. The number of anilines is 2. The number of sulfonamides is 2. The van der Waals surface area contributed by atoms with E-state index >= 15 is 0 Å². The summed E-state index contributed by atoms with van der Waals surface area (Å²) in [5.74, 6) is -0.478. The van der Waals surface area contributed by atoms with Crippen molar-refractivity contribution >= 4 is 37.5 Å². The number of nitrogens with zero attached hydrogens (tertiary/aromatic N) is 8. The molecule has 0 saturated carbocycles. The van der Waals surface area contributed by atoms with Crippen LogP contribution in [0.3, 0.4) is 0 Å². The first-order valence-corrected chi connectivity index (χ1v) is 23.4. The van der Waals surface area contributed by atoms with Gasteiger partial charge in [-0.15, -0.1) is 0 Å². The van der Waals surface area contributed by atoms with Crippen molar-refractivity contribution < 1.29 is 30.4 Å². The van der Waals surface area contributed by atoms with Crippen LogP contribution in [0.2, 0.25) is 0 Å². The number of nitrogens with one attached hydrogen (secondary N) is 2. The summed E-state index contributed by atoms with van der Waals surface area (Å²) in [4.78, 5) is 24.8. The lowest BCUT2D eigenvalue weighted by atomic mass is 9.97. The van der Waals surface area contributed by atoms with Crippen LogP contribution < -0.4 is 20.9 Å². The van der Waals surface area contributed by atoms with E-state index in [0.29, 0.717) is 66.1 Å². The van der Waals surface area contributed by atoms with Crippen LogP contribution in [0.4, 0.5) is 25.0 Å². The standard InChI is InChI=1S/C22H25FN6O3S.C14H13FN2.C7H14N4O2S/c1-28(2)11-12-29-10-8-20(26-29)33(31,32)27-22(30)25-21-17-7-3-6-16(17)19(23)13-18(21)15-5-4-9-24-14-15;15-13-7-12(9-3-2-6-17-8-9)14(16)11-5-1-4-10(11)13;1-10(2)5-6-11-4-3-7(9-11)14(8,12)13/h4-5,8-10,13-14H,3,6-7,11-12H2,1-2H3,(H2,25,27,30);2-3,6-8H,1,4-5,16H2;3-4H,5-6H2,1-2H3,(H2,8,12,13). The Morgan fingerprint density at radius 2 is 1.20 bits per heavy atom. The average Bonchev–Trinajstić information content (AvgIpc) is 4.10. The first-order chi connectivity index (χ1) is 30.4. The Kier molecular flexibility index (Phi) is 15.2. The molecule has 4 heterocycles. The molecule has 0 fully saturated rings. The van der Waals surface area contributed by atoms with E-state index in [1.165, 1.54) is 28.9 Å². The zero-order valence-corrected chi connectivity index (χ0v) is 37.6. The number of likely N-dealkylation sites (N-methyl/N-ethyl adjacent to an activating group) is 2. The van der Waals surface area contributed by atoms with Crippen molar-refractivity contribution in [3.05, 3.63) is 120 Å². The van der Waals surface area contributed by atoms with E-state index in [1.54, 1.807) is 54.0 Å². The first kappa shape index (κ1) is 47.4. The third kappa shape index (κ3) is 11.9. The topological polar surface area (TPSA) is 229 Å². The number of hydrogen-bond acceptors (Lipinski definition) is 12. The second kappa shape index (κ2) is 20.6. The molecule has 8 rings (SSSR count). The van der Waals surface area contributed by atoms with Crippen molar-refractivity contribution in [1.82, 2.24) is 44.1 Å². The van der Waals surface area contributed by atoms with Crippen LogP contribution in [0.25, 0.3) is 22.3 Å². The van der Waals surface area contributed by atoms with Gasteiger partial charge < -0.3 is 20.9 Å². The van der Waals surface area contributed by atoms with Crippen LogP contribution in [-0.4, -0.2) is 103 Å². The zero-order valence-electron chi connectivity index (χ0n) is 36.0. The molecule has 0 atom stereocenters. The molecule has 0 bridgehead atoms. The van der Waals surface area contributed by atoms with E-state index in [0.717, 1.165) is 54.5 Å². The number of fused-ring (bicyclic) bond motifs is 2. The van der Waals surface area contributed by atoms with Gasteiger partial charge in [-0.2, -0.15) is 18.6 Å². The summed E-state index contributed by atoms with van der Waals surface area (Å²) in [6.07, 6.45) is 14.3. The van der Waals surface area contributed by atoms with Gasteiger partial charge in [0.1, 0.15) is 11.6 Å². The van der Waals surface area contributed by atoms with Crippen LogP contribution in [0.1, 0.15) is 35.1 Å². The predicted molar refractivity (Wildman–Crippen MR) is 240 cm³/mol. The number of carbonyl (C=O) groups is 1. The van der Waals surface area contributed by atoms with Crippen LogP contribution in [-0.2, 0) is 58.8 Å². The molecule has 0 saturated heterocycles. The molecule has 6 N–H and O–H groups in total. The van der Waals surface area contributed by atoms with Gasteiger partial charge in [0.25, 0.3) is 20.0 Å². The van der Waals surface area contributed by atoms with Crippen molar-refractivity contribution in [3.63, 3.8) is 0 Å².